The van der Waals surface area contributed by atoms with Gasteiger partial charge >= 0.3 is 12.6 Å². The molecule has 10 heteroatoms. The van der Waals surface area contributed by atoms with Gasteiger partial charge in [-0.1, -0.05) is 6.92 Å². The maximum absolute atomic E-state index is 13.5. The van der Waals surface area contributed by atoms with Crippen LogP contribution in [0.15, 0.2) is 17.2 Å². The highest BCUT2D eigenvalue weighted by atomic mass is 32.2. The number of alkyl halides is 2. The second kappa shape index (κ2) is 11.0. The van der Waals surface area contributed by atoms with Crippen LogP contribution in [0.25, 0.3) is 0 Å². The minimum absolute atomic E-state index is 0.0268. The predicted molar refractivity (Wildman–Crippen MR) is 137 cm³/mol. The van der Waals surface area contributed by atoms with Crippen molar-refractivity contribution in [1.82, 2.24) is 10.3 Å². The topological polar surface area (TPSA) is 91.8 Å². The summed E-state index contributed by atoms with van der Waals surface area (Å²) in [5.74, 6) is 1.50. The van der Waals surface area contributed by atoms with Crippen molar-refractivity contribution in [3.63, 3.8) is 0 Å². The number of aliphatic carboxylic acids is 1. The second-order valence-corrected chi connectivity index (χ2v) is 12.5. The lowest BCUT2D eigenvalue weighted by Crippen LogP contribution is -2.62. The molecular weight excluding hydrogens is 500 g/mol. The van der Waals surface area contributed by atoms with Gasteiger partial charge in [0.2, 0.25) is 0 Å². The van der Waals surface area contributed by atoms with E-state index in [1.165, 1.54) is 0 Å². The third-order valence-corrected chi connectivity index (χ3v) is 9.89. The number of halogens is 2. The molecule has 0 radical (unpaired) electrons. The fourth-order valence-corrected chi connectivity index (χ4v) is 8.39. The number of carboxylic acid groups (broad SMARTS) is 1. The van der Waals surface area contributed by atoms with Crippen molar-refractivity contribution in [3.05, 3.63) is 17.7 Å². The SMILES string of the molecule is CCCSc1nc(N2CCC[C@@H](CC(=O)O)C2)ccc1C(=O)N[C@H]1C2CC3CC1C[C@@](OC(F)F)(C3)C2. The lowest BCUT2D eigenvalue weighted by Gasteiger charge is -2.59. The molecule has 4 saturated carbocycles. The maximum Gasteiger partial charge on any atom is 0.345 e. The normalized spacial score (nSPS) is 32.6. The first kappa shape index (κ1) is 26.7. The van der Waals surface area contributed by atoms with Crippen LogP contribution in [0.5, 0.6) is 0 Å². The number of hydrogen-bond acceptors (Lipinski definition) is 6. The number of nitrogens with one attached hydrogen (secondary N) is 1. The zero-order valence-electron chi connectivity index (χ0n) is 21.3. The van der Waals surface area contributed by atoms with Gasteiger partial charge in [0.25, 0.3) is 5.91 Å². The van der Waals surface area contributed by atoms with Crippen LogP contribution < -0.4 is 10.2 Å². The number of amides is 1. The van der Waals surface area contributed by atoms with Gasteiger partial charge < -0.3 is 20.1 Å². The van der Waals surface area contributed by atoms with Gasteiger partial charge in [-0.2, -0.15) is 8.78 Å². The van der Waals surface area contributed by atoms with Crippen LogP contribution in [0.3, 0.4) is 0 Å². The highest BCUT2D eigenvalue weighted by Crippen LogP contribution is 2.57. The summed E-state index contributed by atoms with van der Waals surface area (Å²) >= 11 is 1.57. The average molecular weight is 538 g/mol. The molecule has 1 aromatic heterocycles. The van der Waals surface area contributed by atoms with Gasteiger partial charge in [0.1, 0.15) is 10.8 Å². The molecule has 5 fully saturated rings. The lowest BCUT2D eigenvalue weighted by atomic mass is 9.52. The van der Waals surface area contributed by atoms with Gasteiger partial charge in [-0.25, -0.2) is 4.98 Å². The summed E-state index contributed by atoms with van der Waals surface area (Å²) in [6.07, 6.45) is 6.69. The summed E-state index contributed by atoms with van der Waals surface area (Å²) < 4.78 is 31.4. The van der Waals surface area contributed by atoms with Crippen molar-refractivity contribution in [3.8, 4) is 0 Å². The molecule has 4 bridgehead atoms. The molecule has 0 spiro atoms. The number of pyridine rings is 1. The van der Waals surface area contributed by atoms with Gasteiger partial charge in [-0.05, 0) is 92.9 Å². The largest absolute Gasteiger partial charge is 0.481 e. The zero-order chi connectivity index (χ0) is 26.2. The Morgan fingerprint density at radius 2 is 2.03 bits per heavy atom. The van der Waals surface area contributed by atoms with Crippen LogP contribution >= 0.6 is 11.8 Å². The maximum atomic E-state index is 13.5. The van der Waals surface area contributed by atoms with Crippen LogP contribution in [-0.4, -0.2) is 59.1 Å². The van der Waals surface area contributed by atoms with Gasteiger partial charge in [0, 0.05) is 25.6 Å². The van der Waals surface area contributed by atoms with E-state index in [2.05, 4.69) is 17.1 Å². The Balaban J connectivity index is 1.31. The average Bonchev–Trinajstić information content (AvgIpc) is 2.83. The van der Waals surface area contributed by atoms with Crippen molar-refractivity contribution in [2.24, 2.45) is 23.7 Å². The number of ether oxygens (including phenoxy) is 1. The van der Waals surface area contributed by atoms with E-state index in [0.717, 1.165) is 50.2 Å². The molecule has 1 amide bonds. The summed E-state index contributed by atoms with van der Waals surface area (Å²) in [4.78, 5) is 31.8. The Morgan fingerprint density at radius 1 is 1.27 bits per heavy atom. The molecule has 2 N–H and O–H groups in total. The lowest BCUT2D eigenvalue weighted by molar-refractivity contribution is -0.260. The summed E-state index contributed by atoms with van der Waals surface area (Å²) in [5, 5.41) is 13.2. The quantitative estimate of drug-likeness (QED) is 0.397. The molecule has 6 rings (SSSR count). The molecule has 2 unspecified atom stereocenters. The first-order chi connectivity index (χ1) is 17.7. The first-order valence-corrected chi connectivity index (χ1v) is 14.6. The number of carbonyl (C=O) groups excluding carboxylic acids is 1. The summed E-state index contributed by atoms with van der Waals surface area (Å²) in [7, 11) is 0. The van der Waals surface area contributed by atoms with E-state index >= 15 is 0 Å². The van der Waals surface area contributed by atoms with Crippen molar-refractivity contribution in [1.29, 1.82) is 0 Å². The number of aromatic nitrogens is 1. The third-order valence-electron chi connectivity index (χ3n) is 8.69. The second-order valence-electron chi connectivity index (χ2n) is 11.5. The molecule has 2 heterocycles. The predicted octanol–water partition coefficient (Wildman–Crippen LogP) is 5.19. The molecule has 204 valence electrons. The summed E-state index contributed by atoms with van der Waals surface area (Å²) in [6.45, 7) is 0.800. The third kappa shape index (κ3) is 5.90. The highest BCUT2D eigenvalue weighted by Gasteiger charge is 2.57. The van der Waals surface area contributed by atoms with Crippen molar-refractivity contribution in [2.75, 3.05) is 23.7 Å². The van der Waals surface area contributed by atoms with Crippen LogP contribution in [0.2, 0.25) is 0 Å². The van der Waals surface area contributed by atoms with E-state index in [0.29, 0.717) is 42.3 Å². The monoisotopic (exact) mass is 537 g/mol. The molecule has 0 aromatic carbocycles. The molecule has 3 atom stereocenters. The molecule has 1 aliphatic heterocycles. The Morgan fingerprint density at radius 3 is 2.70 bits per heavy atom. The number of thioether (sulfide) groups is 1. The molecule has 5 aliphatic rings. The number of piperidine rings is 1. The molecule has 1 aromatic rings. The molecule has 37 heavy (non-hydrogen) atoms. The van der Waals surface area contributed by atoms with Crippen molar-refractivity contribution in [2.45, 2.75) is 88.0 Å². The van der Waals surface area contributed by atoms with Crippen LogP contribution in [-0.2, 0) is 9.53 Å². The van der Waals surface area contributed by atoms with Gasteiger partial charge in [-0.15, -0.1) is 11.8 Å². The number of hydrogen-bond donors (Lipinski definition) is 2. The van der Waals surface area contributed by atoms with Gasteiger partial charge in [0.05, 0.1) is 11.2 Å². The molecule has 1 saturated heterocycles. The van der Waals surface area contributed by atoms with E-state index < -0.39 is 18.2 Å². The van der Waals surface area contributed by atoms with Gasteiger partial charge in [0.15, 0.2) is 0 Å². The number of nitrogens with zero attached hydrogens (tertiary/aromatic N) is 2. The number of anilines is 1. The molecule has 7 nitrogen and oxygen atoms in total. The van der Waals surface area contributed by atoms with Gasteiger partial charge in [-0.3, -0.25) is 9.59 Å². The van der Waals surface area contributed by atoms with E-state index in [1.807, 2.05) is 12.1 Å². The fraction of sp³-hybridized carbons (Fsp3) is 0.741. The Hall–Kier alpha value is -1.94. The van der Waals surface area contributed by atoms with Crippen molar-refractivity contribution >= 4 is 29.5 Å². The molecular formula is C27H37F2N3O4S. The minimum Gasteiger partial charge on any atom is -0.481 e. The van der Waals surface area contributed by atoms with Crippen LogP contribution in [0.4, 0.5) is 14.6 Å². The summed E-state index contributed by atoms with van der Waals surface area (Å²) in [5.41, 5.74) is -0.182. The van der Waals surface area contributed by atoms with Crippen LogP contribution in [0, 0.1) is 23.7 Å². The van der Waals surface area contributed by atoms with E-state index in [9.17, 15) is 23.5 Å². The van der Waals surface area contributed by atoms with E-state index in [-0.39, 0.29) is 36.1 Å². The van der Waals surface area contributed by atoms with Crippen molar-refractivity contribution < 1.29 is 28.2 Å². The number of carboxylic acids is 1. The number of carbonyl (C=O) groups is 2. The Bertz CT molecular complexity index is 992. The fourth-order valence-electron chi connectivity index (χ4n) is 7.52. The zero-order valence-corrected chi connectivity index (χ0v) is 22.2. The Kier molecular flexibility index (Phi) is 7.96. The smallest absolute Gasteiger partial charge is 0.345 e. The standard InChI is InChI=1S/C27H37F2N3O4S/c1-2-8-37-25-20(5-6-21(30-25)32-7-3-4-16(15-32)11-22(33)34)24(35)31-23-18-9-17-10-19(23)14-27(12-17,13-18)36-26(28)29/h5-6,16-19,23,26H,2-4,7-15H2,1H3,(H,31,35)(H,33,34)/t16-,17?,18?,19?,23-,27+/m0/s1. The number of rotatable bonds is 10. The minimum atomic E-state index is -2.76. The molecule has 4 aliphatic carbocycles. The van der Waals surface area contributed by atoms with E-state index in [4.69, 9.17) is 9.72 Å². The highest BCUT2D eigenvalue weighted by molar-refractivity contribution is 7.99. The summed E-state index contributed by atoms with van der Waals surface area (Å²) in [6, 6.07) is 3.69. The van der Waals surface area contributed by atoms with Crippen LogP contribution in [0.1, 0.15) is 75.1 Å². The first-order valence-electron chi connectivity index (χ1n) is 13.6. The van der Waals surface area contributed by atoms with E-state index in [1.54, 1.807) is 11.8 Å². The Labute approximate surface area is 221 Å².